The molecule has 1 amide bonds. The fourth-order valence-corrected chi connectivity index (χ4v) is 1.62. The van der Waals surface area contributed by atoms with Crippen LogP contribution in [0.15, 0.2) is 18.2 Å². The molecule has 0 aliphatic heterocycles. The van der Waals surface area contributed by atoms with E-state index >= 15 is 0 Å². The lowest BCUT2D eigenvalue weighted by atomic mass is 10.2. The van der Waals surface area contributed by atoms with Crippen molar-refractivity contribution in [2.75, 3.05) is 5.32 Å². The van der Waals surface area contributed by atoms with E-state index in [1.807, 2.05) is 6.07 Å². The number of anilines is 1. The third-order valence-electron chi connectivity index (χ3n) is 1.50. The molecule has 1 aromatic rings. The molecule has 14 heavy (non-hydrogen) atoms. The first-order chi connectivity index (χ1) is 6.65. The maximum atomic E-state index is 10.4. The molecule has 0 aliphatic carbocycles. The van der Waals surface area contributed by atoms with Crippen LogP contribution in [0.5, 0.6) is 0 Å². The Hall–Kier alpha value is -1.22. The number of nitrogens with one attached hydrogen (secondary N) is 1. The highest BCUT2D eigenvalue weighted by atomic mass is 127. The van der Waals surface area contributed by atoms with Gasteiger partial charge in [-0.05, 0) is 41.6 Å². The van der Waals surface area contributed by atoms with E-state index in [-0.39, 0.29) is 0 Å². The van der Waals surface area contributed by atoms with Gasteiger partial charge in [-0.15, -0.1) is 5.92 Å². The van der Waals surface area contributed by atoms with Crippen LogP contribution in [0.4, 0.5) is 10.5 Å². The van der Waals surface area contributed by atoms with Crippen molar-refractivity contribution >= 4 is 34.4 Å². The van der Waals surface area contributed by atoms with Crippen LogP contribution in [0.1, 0.15) is 12.5 Å². The van der Waals surface area contributed by atoms with E-state index in [0.29, 0.717) is 11.3 Å². The maximum Gasteiger partial charge on any atom is 0.138 e. The standard InChI is InChI=1S/C10H8INO2/c1-2-4-7-8(11)5-3-6-9(7)12-10(13)14/h3,5-6,12H,1H3,(H,13,14)/p-1. The summed E-state index contributed by atoms with van der Waals surface area (Å²) in [5.41, 5.74) is 1.14. The molecule has 0 atom stereocenters. The molecule has 0 saturated carbocycles. The van der Waals surface area contributed by atoms with Crippen LogP contribution in [0.25, 0.3) is 0 Å². The molecule has 0 bridgehead atoms. The second kappa shape index (κ2) is 4.86. The number of benzene rings is 1. The number of rotatable bonds is 1. The number of amides is 1. The summed E-state index contributed by atoms with van der Waals surface area (Å²) in [5.74, 6) is 5.57. The molecular weight excluding hydrogens is 293 g/mol. The molecular formula is C10H7INO2-. The van der Waals surface area contributed by atoms with Gasteiger partial charge in [-0.25, -0.2) is 0 Å². The normalized spacial score (nSPS) is 8.71. The Bertz CT molecular complexity index is 418. The summed E-state index contributed by atoms with van der Waals surface area (Å²) in [6, 6.07) is 5.27. The molecule has 0 spiro atoms. The molecule has 72 valence electrons. The van der Waals surface area contributed by atoms with Gasteiger partial charge in [0.25, 0.3) is 0 Å². The molecule has 0 aromatic heterocycles. The van der Waals surface area contributed by atoms with E-state index in [1.165, 1.54) is 0 Å². The lowest BCUT2D eigenvalue weighted by Gasteiger charge is -2.09. The maximum absolute atomic E-state index is 10.4. The molecule has 0 radical (unpaired) electrons. The van der Waals surface area contributed by atoms with Gasteiger partial charge in [0.05, 0.1) is 11.3 Å². The second-order valence-corrected chi connectivity index (χ2v) is 3.61. The van der Waals surface area contributed by atoms with Crippen molar-refractivity contribution in [2.45, 2.75) is 6.92 Å². The van der Waals surface area contributed by atoms with Crippen LogP contribution in [0.2, 0.25) is 0 Å². The monoisotopic (exact) mass is 300 g/mol. The van der Waals surface area contributed by atoms with Crippen molar-refractivity contribution in [3.8, 4) is 11.8 Å². The lowest BCUT2D eigenvalue weighted by Crippen LogP contribution is -2.29. The van der Waals surface area contributed by atoms with Crippen LogP contribution in [-0.2, 0) is 0 Å². The fraction of sp³-hybridized carbons (Fsp3) is 0.100. The van der Waals surface area contributed by atoms with Crippen molar-refractivity contribution in [3.05, 3.63) is 27.3 Å². The van der Waals surface area contributed by atoms with Crippen LogP contribution in [0, 0.1) is 15.4 Å². The van der Waals surface area contributed by atoms with Crippen LogP contribution >= 0.6 is 22.6 Å². The summed E-state index contributed by atoms with van der Waals surface area (Å²) in [6.45, 7) is 1.70. The number of hydrogen-bond donors (Lipinski definition) is 1. The molecule has 4 heteroatoms. The highest BCUT2D eigenvalue weighted by Crippen LogP contribution is 2.20. The average molecular weight is 300 g/mol. The highest BCUT2D eigenvalue weighted by Gasteiger charge is 2.02. The lowest BCUT2D eigenvalue weighted by molar-refractivity contribution is -0.242. The van der Waals surface area contributed by atoms with Gasteiger partial charge in [-0.2, -0.15) is 0 Å². The molecule has 0 heterocycles. The van der Waals surface area contributed by atoms with Crippen molar-refractivity contribution in [3.63, 3.8) is 0 Å². The van der Waals surface area contributed by atoms with Crippen molar-refractivity contribution in [1.82, 2.24) is 0 Å². The largest absolute Gasteiger partial charge is 0.530 e. The summed E-state index contributed by atoms with van der Waals surface area (Å²) < 4.78 is 0.906. The zero-order chi connectivity index (χ0) is 10.6. The number of carboxylic acid groups (broad SMARTS) is 1. The van der Waals surface area contributed by atoms with Gasteiger partial charge in [-0.1, -0.05) is 12.0 Å². The first-order valence-corrected chi connectivity index (χ1v) is 4.92. The van der Waals surface area contributed by atoms with E-state index in [0.717, 1.165) is 3.57 Å². The van der Waals surface area contributed by atoms with Gasteiger partial charge in [0.2, 0.25) is 0 Å². The summed E-state index contributed by atoms with van der Waals surface area (Å²) in [4.78, 5) is 10.4. The number of carbonyl (C=O) groups is 1. The number of hydrogen-bond acceptors (Lipinski definition) is 2. The number of carbonyl (C=O) groups excluding carboxylic acids is 1. The van der Waals surface area contributed by atoms with Crippen LogP contribution in [0.3, 0.4) is 0 Å². The van der Waals surface area contributed by atoms with Gasteiger partial charge >= 0.3 is 0 Å². The zero-order valence-electron chi connectivity index (χ0n) is 7.43. The average Bonchev–Trinajstić information content (AvgIpc) is 2.10. The minimum Gasteiger partial charge on any atom is -0.530 e. The molecule has 0 unspecified atom stereocenters. The third kappa shape index (κ3) is 2.64. The van der Waals surface area contributed by atoms with Crippen molar-refractivity contribution in [2.24, 2.45) is 0 Å². The molecule has 0 aliphatic rings. The van der Waals surface area contributed by atoms with Crippen LogP contribution < -0.4 is 10.4 Å². The van der Waals surface area contributed by atoms with Crippen LogP contribution in [-0.4, -0.2) is 6.09 Å². The van der Waals surface area contributed by atoms with Crippen molar-refractivity contribution in [1.29, 1.82) is 0 Å². The first kappa shape index (κ1) is 10.9. The summed E-state index contributed by atoms with van der Waals surface area (Å²) in [7, 11) is 0. The predicted octanol–water partition coefficient (Wildman–Crippen LogP) is 1.42. The van der Waals surface area contributed by atoms with Gasteiger partial charge in [0, 0.05) is 3.57 Å². The summed E-state index contributed by atoms with van der Waals surface area (Å²) in [5, 5.41) is 12.6. The van der Waals surface area contributed by atoms with E-state index in [4.69, 9.17) is 0 Å². The molecule has 3 nitrogen and oxygen atoms in total. The Morgan fingerprint density at radius 2 is 2.29 bits per heavy atom. The van der Waals surface area contributed by atoms with E-state index in [1.54, 1.807) is 19.1 Å². The Labute approximate surface area is 95.7 Å². The predicted molar refractivity (Wildman–Crippen MR) is 60.7 cm³/mol. The topological polar surface area (TPSA) is 52.2 Å². The molecule has 0 fully saturated rings. The Kier molecular flexibility index (Phi) is 3.77. The molecule has 1 aromatic carbocycles. The minimum absolute atomic E-state index is 0.464. The van der Waals surface area contributed by atoms with Gasteiger partial charge in [-0.3, -0.25) is 0 Å². The van der Waals surface area contributed by atoms with E-state index in [9.17, 15) is 9.90 Å². The first-order valence-electron chi connectivity index (χ1n) is 3.84. The summed E-state index contributed by atoms with van der Waals surface area (Å²) >= 11 is 2.10. The molecule has 0 saturated heterocycles. The third-order valence-corrected chi connectivity index (χ3v) is 2.40. The molecule has 1 rings (SSSR count). The fourth-order valence-electron chi connectivity index (χ4n) is 0.990. The molecule has 1 N–H and O–H groups in total. The van der Waals surface area contributed by atoms with Crippen molar-refractivity contribution < 1.29 is 9.90 Å². The van der Waals surface area contributed by atoms with E-state index < -0.39 is 6.09 Å². The minimum atomic E-state index is -1.33. The Morgan fingerprint density at radius 1 is 1.57 bits per heavy atom. The SMILES string of the molecule is CC#Cc1c(I)cccc1NC(=O)[O-]. The Balaban J connectivity index is 3.18. The Morgan fingerprint density at radius 3 is 2.86 bits per heavy atom. The van der Waals surface area contributed by atoms with Gasteiger partial charge < -0.3 is 15.2 Å². The highest BCUT2D eigenvalue weighted by molar-refractivity contribution is 14.1. The smallest absolute Gasteiger partial charge is 0.138 e. The number of halogens is 1. The van der Waals surface area contributed by atoms with Gasteiger partial charge in [0.15, 0.2) is 0 Å². The zero-order valence-corrected chi connectivity index (χ0v) is 9.58. The quantitative estimate of drug-likeness (QED) is 0.630. The van der Waals surface area contributed by atoms with Gasteiger partial charge in [0.1, 0.15) is 6.09 Å². The van der Waals surface area contributed by atoms with E-state index in [2.05, 4.69) is 39.7 Å². The summed E-state index contributed by atoms with van der Waals surface area (Å²) in [6.07, 6.45) is -1.33. The second-order valence-electron chi connectivity index (χ2n) is 2.45.